The molecule has 1 aliphatic rings. The summed E-state index contributed by atoms with van der Waals surface area (Å²) in [6.45, 7) is 2.27. The smallest absolute Gasteiger partial charge is 0.338 e. The lowest BCUT2D eigenvalue weighted by molar-refractivity contribution is -0.169. The molecular formula is C10H16O4. The number of hydrogen-bond donors (Lipinski definition) is 0. The van der Waals surface area contributed by atoms with Gasteiger partial charge in [-0.2, -0.15) is 0 Å². The Kier molecular flexibility index (Phi) is 3.52. The summed E-state index contributed by atoms with van der Waals surface area (Å²) in [6, 6.07) is 0. The van der Waals surface area contributed by atoms with Gasteiger partial charge in [0.05, 0.1) is 27.1 Å². The van der Waals surface area contributed by atoms with Crippen molar-refractivity contribution in [3.63, 3.8) is 0 Å². The summed E-state index contributed by atoms with van der Waals surface area (Å²) in [6.07, 6.45) is 3.01. The SMILES string of the molecule is CO/C=C1/CCOC(C)(C(=O)OC)C1. The highest BCUT2D eigenvalue weighted by atomic mass is 16.6. The number of hydrogen-bond acceptors (Lipinski definition) is 4. The largest absolute Gasteiger partial charge is 0.504 e. The summed E-state index contributed by atoms with van der Waals surface area (Å²) in [4.78, 5) is 11.4. The molecule has 0 saturated carbocycles. The van der Waals surface area contributed by atoms with Crippen LogP contribution in [0.4, 0.5) is 0 Å². The van der Waals surface area contributed by atoms with E-state index in [9.17, 15) is 4.79 Å². The fourth-order valence-corrected chi connectivity index (χ4v) is 1.59. The molecule has 1 fully saturated rings. The van der Waals surface area contributed by atoms with Crippen molar-refractivity contribution in [3.05, 3.63) is 11.8 Å². The molecule has 1 aliphatic heterocycles. The topological polar surface area (TPSA) is 44.8 Å². The number of methoxy groups -OCH3 is 2. The molecule has 1 heterocycles. The van der Waals surface area contributed by atoms with Crippen molar-refractivity contribution >= 4 is 5.97 Å². The molecule has 0 N–H and O–H groups in total. The number of esters is 1. The number of rotatable bonds is 2. The van der Waals surface area contributed by atoms with Crippen LogP contribution in [0.15, 0.2) is 11.8 Å². The van der Waals surface area contributed by atoms with Gasteiger partial charge in [-0.3, -0.25) is 0 Å². The Morgan fingerprint density at radius 2 is 2.29 bits per heavy atom. The number of carbonyl (C=O) groups is 1. The summed E-state index contributed by atoms with van der Waals surface area (Å²) in [5, 5.41) is 0. The highest BCUT2D eigenvalue weighted by molar-refractivity contribution is 5.79. The van der Waals surface area contributed by atoms with Gasteiger partial charge in [-0.05, 0) is 18.9 Å². The molecule has 0 aromatic carbocycles. The first-order valence-electron chi connectivity index (χ1n) is 4.55. The molecule has 1 atom stereocenters. The second-order valence-electron chi connectivity index (χ2n) is 3.51. The lowest BCUT2D eigenvalue weighted by Crippen LogP contribution is -2.42. The first kappa shape index (κ1) is 11.0. The molecule has 0 aromatic heterocycles. The highest BCUT2D eigenvalue weighted by Gasteiger charge is 2.39. The minimum Gasteiger partial charge on any atom is -0.504 e. The summed E-state index contributed by atoms with van der Waals surface area (Å²) in [5.41, 5.74) is 0.226. The third-order valence-electron chi connectivity index (χ3n) is 2.31. The van der Waals surface area contributed by atoms with E-state index in [4.69, 9.17) is 9.47 Å². The van der Waals surface area contributed by atoms with E-state index in [0.717, 1.165) is 12.0 Å². The Hall–Kier alpha value is -1.03. The average molecular weight is 200 g/mol. The van der Waals surface area contributed by atoms with Gasteiger partial charge in [-0.1, -0.05) is 0 Å². The van der Waals surface area contributed by atoms with Crippen LogP contribution in [0.2, 0.25) is 0 Å². The zero-order chi connectivity index (χ0) is 10.6. The molecule has 4 heteroatoms. The van der Waals surface area contributed by atoms with Gasteiger partial charge >= 0.3 is 5.97 Å². The molecule has 80 valence electrons. The average Bonchev–Trinajstić information content (AvgIpc) is 2.17. The molecule has 1 unspecified atom stereocenters. The number of carbonyl (C=O) groups excluding carboxylic acids is 1. The van der Waals surface area contributed by atoms with E-state index in [1.807, 2.05) is 0 Å². The third-order valence-corrected chi connectivity index (χ3v) is 2.31. The van der Waals surface area contributed by atoms with E-state index in [-0.39, 0.29) is 5.97 Å². The van der Waals surface area contributed by atoms with Crippen LogP contribution in [0.1, 0.15) is 19.8 Å². The van der Waals surface area contributed by atoms with E-state index in [1.54, 1.807) is 20.3 Å². The van der Waals surface area contributed by atoms with Gasteiger partial charge in [0, 0.05) is 6.42 Å². The van der Waals surface area contributed by atoms with Crippen molar-refractivity contribution in [1.82, 2.24) is 0 Å². The molecule has 1 rings (SSSR count). The maximum absolute atomic E-state index is 11.4. The molecule has 0 spiro atoms. The standard InChI is InChI=1S/C10H16O4/c1-10(9(11)13-3)6-8(7-12-2)4-5-14-10/h7H,4-6H2,1-3H3/b8-7-. The summed E-state index contributed by atoms with van der Waals surface area (Å²) in [5.74, 6) is -0.334. The van der Waals surface area contributed by atoms with Crippen molar-refractivity contribution in [2.24, 2.45) is 0 Å². The van der Waals surface area contributed by atoms with Crippen molar-refractivity contribution in [2.45, 2.75) is 25.4 Å². The predicted molar refractivity (Wildman–Crippen MR) is 50.7 cm³/mol. The predicted octanol–water partition coefficient (Wildman–Crippen LogP) is 1.26. The van der Waals surface area contributed by atoms with E-state index in [0.29, 0.717) is 13.0 Å². The van der Waals surface area contributed by atoms with E-state index < -0.39 is 5.60 Å². The van der Waals surface area contributed by atoms with Crippen molar-refractivity contribution in [3.8, 4) is 0 Å². The Bertz CT molecular complexity index is 247. The maximum atomic E-state index is 11.4. The van der Waals surface area contributed by atoms with E-state index >= 15 is 0 Å². The van der Waals surface area contributed by atoms with Crippen LogP contribution in [-0.4, -0.2) is 32.4 Å². The lowest BCUT2D eigenvalue weighted by Gasteiger charge is -2.32. The molecule has 0 aliphatic carbocycles. The van der Waals surface area contributed by atoms with Crippen LogP contribution in [-0.2, 0) is 19.0 Å². The van der Waals surface area contributed by atoms with Crippen LogP contribution in [0.5, 0.6) is 0 Å². The molecule has 0 bridgehead atoms. The van der Waals surface area contributed by atoms with Gasteiger partial charge < -0.3 is 14.2 Å². The first-order chi connectivity index (χ1) is 6.62. The zero-order valence-corrected chi connectivity index (χ0v) is 8.83. The Balaban J connectivity index is 2.71. The summed E-state index contributed by atoms with van der Waals surface area (Å²) in [7, 11) is 2.96. The Morgan fingerprint density at radius 1 is 1.57 bits per heavy atom. The van der Waals surface area contributed by atoms with E-state index in [1.165, 1.54) is 7.11 Å². The minimum atomic E-state index is -0.850. The Labute approximate surface area is 83.8 Å². The van der Waals surface area contributed by atoms with Gasteiger partial charge in [0.2, 0.25) is 0 Å². The van der Waals surface area contributed by atoms with Crippen LogP contribution in [0.3, 0.4) is 0 Å². The quantitative estimate of drug-likeness (QED) is 0.497. The third kappa shape index (κ3) is 2.26. The number of ether oxygens (including phenoxy) is 3. The van der Waals surface area contributed by atoms with Crippen LogP contribution in [0.25, 0.3) is 0 Å². The molecular weight excluding hydrogens is 184 g/mol. The van der Waals surface area contributed by atoms with Gasteiger partial charge in [-0.15, -0.1) is 0 Å². The van der Waals surface area contributed by atoms with Gasteiger partial charge in [0.15, 0.2) is 5.60 Å². The van der Waals surface area contributed by atoms with Crippen molar-refractivity contribution < 1.29 is 19.0 Å². The first-order valence-corrected chi connectivity index (χ1v) is 4.55. The molecule has 14 heavy (non-hydrogen) atoms. The normalized spacial score (nSPS) is 30.1. The minimum absolute atomic E-state index is 0.334. The lowest BCUT2D eigenvalue weighted by atomic mass is 9.92. The van der Waals surface area contributed by atoms with Crippen molar-refractivity contribution in [2.75, 3.05) is 20.8 Å². The fourth-order valence-electron chi connectivity index (χ4n) is 1.59. The van der Waals surface area contributed by atoms with Crippen LogP contribution < -0.4 is 0 Å². The Morgan fingerprint density at radius 3 is 2.86 bits per heavy atom. The summed E-state index contributed by atoms with van der Waals surface area (Å²) >= 11 is 0. The fraction of sp³-hybridized carbons (Fsp3) is 0.700. The van der Waals surface area contributed by atoms with Crippen LogP contribution in [0, 0.1) is 0 Å². The maximum Gasteiger partial charge on any atom is 0.338 e. The highest BCUT2D eigenvalue weighted by Crippen LogP contribution is 2.29. The van der Waals surface area contributed by atoms with E-state index in [2.05, 4.69) is 4.74 Å². The van der Waals surface area contributed by atoms with Gasteiger partial charge in [-0.25, -0.2) is 4.79 Å². The zero-order valence-electron chi connectivity index (χ0n) is 8.83. The molecule has 4 nitrogen and oxygen atoms in total. The molecule has 0 amide bonds. The van der Waals surface area contributed by atoms with Crippen LogP contribution >= 0.6 is 0 Å². The molecule has 0 aromatic rings. The molecule has 1 saturated heterocycles. The second-order valence-corrected chi connectivity index (χ2v) is 3.51. The monoisotopic (exact) mass is 200 g/mol. The van der Waals surface area contributed by atoms with Gasteiger partial charge in [0.25, 0.3) is 0 Å². The van der Waals surface area contributed by atoms with Gasteiger partial charge in [0.1, 0.15) is 0 Å². The second kappa shape index (κ2) is 4.46. The van der Waals surface area contributed by atoms with Crippen molar-refractivity contribution in [1.29, 1.82) is 0 Å². The molecule has 0 radical (unpaired) electrons. The summed E-state index contributed by atoms with van der Waals surface area (Å²) < 4.78 is 15.0.